The maximum Gasteiger partial charge on any atom is 0.163 e. The second kappa shape index (κ2) is 19.7. The third kappa shape index (κ3) is 9.63. The monoisotopic (exact) mass is 950 g/mol. The molecule has 0 saturated heterocycles. The maximum absolute atomic E-state index is 6.37. The first-order valence-electron chi connectivity index (χ1n) is 20.3. The van der Waals surface area contributed by atoms with Gasteiger partial charge < -0.3 is 18.9 Å². The Kier molecular flexibility index (Phi) is 13.1. The van der Waals surface area contributed by atoms with Gasteiger partial charge in [0, 0.05) is 65.3 Å². The van der Waals surface area contributed by atoms with Crippen LogP contribution in [0.15, 0.2) is 173 Å². The number of thiophene rings is 2. The van der Waals surface area contributed by atoms with Crippen molar-refractivity contribution in [3.8, 4) is 34.1 Å². The van der Waals surface area contributed by atoms with Crippen LogP contribution >= 0.6 is 69.7 Å². The van der Waals surface area contributed by atoms with E-state index in [0.717, 1.165) is 42.4 Å². The zero-order valence-electron chi connectivity index (χ0n) is 34.6. The molecule has 0 radical (unpaired) electrons. The highest BCUT2D eigenvalue weighted by Gasteiger charge is 2.28. The second-order valence-electron chi connectivity index (χ2n) is 14.5. The molecule has 0 fully saturated rings. The predicted molar refractivity (Wildman–Crippen MR) is 263 cm³/mol. The third-order valence-electron chi connectivity index (χ3n) is 10.2. The highest BCUT2D eigenvalue weighted by atomic mass is 32.2. The molecule has 8 heterocycles. The largest absolute Gasteiger partial charge is 0.483 e. The zero-order valence-corrected chi connectivity index (χ0v) is 39.5. The van der Waals surface area contributed by atoms with E-state index < -0.39 is 0 Å². The molecular formula is C50H38N4O4S6. The Hall–Kier alpha value is -5.48. The van der Waals surface area contributed by atoms with Crippen LogP contribution in [-0.4, -0.2) is 19.9 Å². The molecule has 2 aliphatic rings. The van der Waals surface area contributed by atoms with E-state index in [-0.39, 0.29) is 0 Å². The first-order valence-corrected chi connectivity index (χ1v) is 25.3. The number of thioether (sulfide) groups is 4. The van der Waals surface area contributed by atoms with Gasteiger partial charge in [0.25, 0.3) is 0 Å². The quantitative estimate of drug-likeness (QED) is 0.0980. The van der Waals surface area contributed by atoms with Crippen LogP contribution in [0.2, 0.25) is 0 Å². The summed E-state index contributed by atoms with van der Waals surface area (Å²) in [6.07, 6.45) is 7.12. The smallest absolute Gasteiger partial charge is 0.163 e. The number of benzene rings is 2. The van der Waals surface area contributed by atoms with Crippen molar-refractivity contribution in [1.82, 2.24) is 19.9 Å². The van der Waals surface area contributed by atoms with Gasteiger partial charge in [-0.15, -0.1) is 22.7 Å². The standard InChI is InChI=1S/C50H38N4O4S6/c1-31(49-61-43-23-39(55-27-33-11-3-7-17-51-33)40(24-44(43)62-49)56-28-34-12-4-8-18-52-34)47-37(15-21-59-47)38-16-22-60-48(38)32(2)50-63-45-25-41(57-29-35-13-5-9-19-53-35)42(26-46(45)64-50)58-30-36-14-6-10-20-54-36/h3-26H,27-30H2,1-2H3. The fraction of sp³-hybridized carbons (Fsp3) is 0.120. The molecule has 8 aromatic rings. The van der Waals surface area contributed by atoms with Crippen molar-refractivity contribution in [2.75, 3.05) is 0 Å². The Morgan fingerprint density at radius 1 is 0.406 bits per heavy atom. The van der Waals surface area contributed by atoms with Crippen LogP contribution in [0.1, 0.15) is 46.4 Å². The number of aromatic nitrogens is 4. The lowest BCUT2D eigenvalue weighted by Crippen LogP contribution is -2.02. The second-order valence-corrected chi connectivity index (χ2v) is 21.0. The minimum absolute atomic E-state index is 0.337. The molecule has 10 rings (SSSR count). The molecule has 64 heavy (non-hydrogen) atoms. The molecule has 0 bridgehead atoms. The molecule has 0 spiro atoms. The van der Waals surface area contributed by atoms with Crippen molar-refractivity contribution in [1.29, 1.82) is 0 Å². The Morgan fingerprint density at radius 2 is 0.703 bits per heavy atom. The van der Waals surface area contributed by atoms with Crippen molar-refractivity contribution in [3.05, 3.63) is 186 Å². The number of nitrogens with zero attached hydrogens (tertiary/aromatic N) is 4. The van der Waals surface area contributed by atoms with Gasteiger partial charge in [0.15, 0.2) is 23.0 Å². The number of hydrogen-bond acceptors (Lipinski definition) is 14. The molecule has 0 atom stereocenters. The number of rotatable bonds is 15. The zero-order chi connectivity index (χ0) is 43.2. The summed E-state index contributed by atoms with van der Waals surface area (Å²) in [6.45, 7) is 5.83. The highest BCUT2D eigenvalue weighted by molar-refractivity contribution is 8.25. The molecule has 0 aliphatic carbocycles. The Labute approximate surface area is 396 Å². The average molecular weight is 951 g/mol. The van der Waals surface area contributed by atoms with Crippen LogP contribution < -0.4 is 18.9 Å². The molecular weight excluding hydrogens is 913 g/mol. The van der Waals surface area contributed by atoms with Gasteiger partial charge >= 0.3 is 0 Å². The topological polar surface area (TPSA) is 88.5 Å². The average Bonchev–Trinajstić information content (AvgIpc) is 4.18. The van der Waals surface area contributed by atoms with E-state index in [1.807, 2.05) is 72.8 Å². The normalized spacial score (nSPS) is 12.8. The molecule has 318 valence electrons. The number of hydrogen-bond donors (Lipinski definition) is 0. The van der Waals surface area contributed by atoms with Gasteiger partial charge in [0.2, 0.25) is 0 Å². The third-order valence-corrected chi connectivity index (χ3v) is 17.7. The van der Waals surface area contributed by atoms with Crippen LogP contribution in [0, 0.1) is 0 Å². The lowest BCUT2D eigenvalue weighted by molar-refractivity contribution is 0.250. The minimum atomic E-state index is 0.337. The maximum atomic E-state index is 6.37. The Balaban J connectivity index is 0.903. The molecule has 8 nitrogen and oxygen atoms in total. The minimum Gasteiger partial charge on any atom is -0.483 e. The van der Waals surface area contributed by atoms with Gasteiger partial charge in [0.05, 0.1) is 31.3 Å². The van der Waals surface area contributed by atoms with Crippen LogP contribution in [0.3, 0.4) is 0 Å². The number of allylic oxidation sites excluding steroid dienone is 2. The Morgan fingerprint density at radius 3 is 0.969 bits per heavy atom. The summed E-state index contributed by atoms with van der Waals surface area (Å²) in [6, 6.07) is 36.3. The molecule has 6 aromatic heterocycles. The van der Waals surface area contributed by atoms with Crippen LogP contribution in [0.25, 0.3) is 22.3 Å². The SMILES string of the molecule is CC(=C1Sc2cc(OCc3ccccn3)c(OCc3ccccn3)cc2S1)c1sccc1-c1ccsc1C(C)=C1Sc2cc(OCc3ccccn3)c(OCc3ccccn3)cc2S1. The van der Waals surface area contributed by atoms with Crippen LogP contribution in [-0.2, 0) is 26.4 Å². The number of fused-ring (bicyclic) bond motifs is 2. The van der Waals surface area contributed by atoms with E-state index in [2.05, 4.69) is 80.9 Å². The Bertz CT molecular complexity index is 2630. The van der Waals surface area contributed by atoms with E-state index in [1.54, 1.807) is 94.5 Å². The molecule has 0 saturated carbocycles. The molecule has 0 unspecified atom stereocenters. The molecule has 14 heteroatoms. The lowest BCUT2D eigenvalue weighted by atomic mass is 10.0. The number of ether oxygens (including phenoxy) is 4. The predicted octanol–water partition coefficient (Wildman–Crippen LogP) is 14.5. The van der Waals surface area contributed by atoms with Gasteiger partial charge in [0.1, 0.15) is 26.4 Å². The van der Waals surface area contributed by atoms with Crippen molar-refractivity contribution < 1.29 is 18.9 Å². The van der Waals surface area contributed by atoms with Gasteiger partial charge in [-0.3, -0.25) is 19.9 Å². The first kappa shape index (κ1) is 42.5. The van der Waals surface area contributed by atoms with Gasteiger partial charge in [-0.2, -0.15) is 0 Å². The first-order chi connectivity index (χ1) is 31.5. The molecule has 2 aliphatic heterocycles. The summed E-state index contributed by atoms with van der Waals surface area (Å²) in [5, 5.41) is 4.41. The van der Waals surface area contributed by atoms with Gasteiger partial charge in [-0.1, -0.05) is 71.3 Å². The number of pyridine rings is 4. The van der Waals surface area contributed by atoms with E-state index in [9.17, 15) is 0 Å². The summed E-state index contributed by atoms with van der Waals surface area (Å²) in [4.78, 5) is 24.9. The summed E-state index contributed by atoms with van der Waals surface area (Å²) < 4.78 is 28.0. The van der Waals surface area contributed by atoms with Crippen molar-refractivity contribution in [3.63, 3.8) is 0 Å². The summed E-state index contributed by atoms with van der Waals surface area (Å²) in [5.41, 5.74) is 8.38. The van der Waals surface area contributed by atoms with Gasteiger partial charge in [-0.05, 0) is 121 Å². The highest BCUT2D eigenvalue weighted by Crippen LogP contribution is 2.59. The van der Waals surface area contributed by atoms with E-state index >= 15 is 0 Å². The van der Waals surface area contributed by atoms with Crippen molar-refractivity contribution in [2.24, 2.45) is 0 Å². The summed E-state index contributed by atoms with van der Waals surface area (Å²) in [5.74, 6) is 2.73. The van der Waals surface area contributed by atoms with Gasteiger partial charge in [-0.25, -0.2) is 0 Å². The summed E-state index contributed by atoms with van der Waals surface area (Å²) in [7, 11) is 0. The summed E-state index contributed by atoms with van der Waals surface area (Å²) >= 11 is 10.7. The van der Waals surface area contributed by atoms with Crippen LogP contribution in [0.4, 0.5) is 0 Å². The molecule has 2 aromatic carbocycles. The van der Waals surface area contributed by atoms with E-state index in [1.165, 1.54) is 40.5 Å². The molecule has 0 amide bonds. The van der Waals surface area contributed by atoms with E-state index in [4.69, 9.17) is 18.9 Å². The molecule has 0 N–H and O–H groups in total. The fourth-order valence-corrected chi connectivity index (χ4v) is 14.1. The van der Waals surface area contributed by atoms with E-state index in [0.29, 0.717) is 49.4 Å². The lowest BCUT2D eigenvalue weighted by Gasteiger charge is -2.14. The fourth-order valence-electron chi connectivity index (χ4n) is 6.91. The van der Waals surface area contributed by atoms with Crippen molar-refractivity contribution >= 4 is 80.9 Å². The van der Waals surface area contributed by atoms with Crippen LogP contribution in [0.5, 0.6) is 23.0 Å². The van der Waals surface area contributed by atoms with Crippen molar-refractivity contribution in [2.45, 2.75) is 59.9 Å².